The van der Waals surface area contributed by atoms with E-state index in [-0.39, 0.29) is 24.1 Å². The normalized spacial score (nSPS) is 30.0. The van der Waals surface area contributed by atoms with Crippen molar-refractivity contribution < 1.29 is 19.0 Å². The van der Waals surface area contributed by atoms with E-state index < -0.39 is 0 Å². The molecule has 1 aliphatic rings. The van der Waals surface area contributed by atoms with Crippen molar-refractivity contribution in [1.29, 1.82) is 0 Å². The van der Waals surface area contributed by atoms with E-state index in [4.69, 9.17) is 14.2 Å². The van der Waals surface area contributed by atoms with Crippen LogP contribution in [0.15, 0.2) is 11.6 Å². The van der Waals surface area contributed by atoms with Gasteiger partial charge in [0.25, 0.3) is 0 Å². The molecule has 0 aliphatic heterocycles. The molecule has 3 unspecified atom stereocenters. The minimum Gasteiger partial charge on any atom is -0.378 e. The number of hydrogen-bond acceptors (Lipinski definition) is 4. The van der Waals surface area contributed by atoms with Gasteiger partial charge in [-0.2, -0.15) is 0 Å². The van der Waals surface area contributed by atoms with Crippen LogP contribution in [0.4, 0.5) is 0 Å². The number of ketones is 1. The fourth-order valence-corrected chi connectivity index (χ4v) is 2.01. The van der Waals surface area contributed by atoms with Crippen molar-refractivity contribution in [3.05, 3.63) is 11.6 Å². The van der Waals surface area contributed by atoms with Crippen LogP contribution < -0.4 is 0 Å². The third-order valence-corrected chi connectivity index (χ3v) is 2.86. The number of hydrogen-bond donors (Lipinski definition) is 0. The zero-order chi connectivity index (χ0) is 12.1. The van der Waals surface area contributed by atoms with Gasteiger partial charge in [0.2, 0.25) is 0 Å². The molecule has 4 heteroatoms. The number of ether oxygens (including phenoxy) is 3. The molecule has 0 aromatic heterocycles. The van der Waals surface area contributed by atoms with E-state index in [1.807, 2.05) is 13.0 Å². The number of carbonyl (C=O) groups is 1. The van der Waals surface area contributed by atoms with Gasteiger partial charge >= 0.3 is 0 Å². The summed E-state index contributed by atoms with van der Waals surface area (Å²) in [5, 5.41) is 0. The molecule has 0 heterocycles. The van der Waals surface area contributed by atoms with Gasteiger partial charge in [0.05, 0.1) is 6.10 Å². The highest BCUT2D eigenvalue weighted by Gasteiger charge is 2.35. The third-order valence-electron chi connectivity index (χ3n) is 2.86. The molecular weight excluding hydrogens is 208 g/mol. The minimum atomic E-state index is -0.201. The highest BCUT2D eigenvalue weighted by molar-refractivity contribution is 5.93. The fraction of sp³-hybridized carbons (Fsp3) is 0.750. The molecule has 1 aliphatic carbocycles. The van der Waals surface area contributed by atoms with E-state index in [1.54, 1.807) is 21.1 Å². The van der Waals surface area contributed by atoms with Crippen molar-refractivity contribution in [2.75, 3.05) is 20.8 Å². The van der Waals surface area contributed by atoms with Crippen molar-refractivity contribution in [3.8, 4) is 0 Å². The summed E-state index contributed by atoms with van der Waals surface area (Å²) in [6, 6.07) is 0. The van der Waals surface area contributed by atoms with E-state index in [0.29, 0.717) is 13.0 Å². The summed E-state index contributed by atoms with van der Waals surface area (Å²) in [4.78, 5) is 11.4. The third kappa shape index (κ3) is 2.90. The molecule has 0 radical (unpaired) electrons. The van der Waals surface area contributed by atoms with Crippen LogP contribution in [0.3, 0.4) is 0 Å². The van der Waals surface area contributed by atoms with Crippen molar-refractivity contribution in [2.45, 2.75) is 38.6 Å². The second kappa shape index (κ2) is 6.13. The molecule has 0 spiro atoms. The summed E-state index contributed by atoms with van der Waals surface area (Å²) in [5.41, 5.74) is 0.763. The van der Waals surface area contributed by atoms with E-state index in [1.165, 1.54) is 0 Å². The van der Waals surface area contributed by atoms with Gasteiger partial charge in [0.15, 0.2) is 5.78 Å². The van der Waals surface area contributed by atoms with Crippen LogP contribution in [-0.2, 0) is 19.0 Å². The smallest absolute Gasteiger partial charge is 0.155 e. The van der Waals surface area contributed by atoms with Gasteiger partial charge in [-0.15, -0.1) is 0 Å². The zero-order valence-electron chi connectivity index (χ0n) is 10.4. The largest absolute Gasteiger partial charge is 0.378 e. The predicted octanol–water partition coefficient (Wildman–Crippen LogP) is 1.34. The summed E-state index contributed by atoms with van der Waals surface area (Å²) in [5.74, 6) is 0.0707. The van der Waals surface area contributed by atoms with Gasteiger partial charge in [0, 0.05) is 27.2 Å². The lowest BCUT2D eigenvalue weighted by Crippen LogP contribution is -2.44. The standard InChI is InChI=1S/C12H20O4/c1-5-16-11-7-9(8(2)13)6-10(14-3)12(11)15-4/h7,10-12H,5-6H2,1-4H3. The number of carbonyl (C=O) groups excluding carboxylic acids is 1. The van der Waals surface area contributed by atoms with Gasteiger partial charge < -0.3 is 14.2 Å². The Bertz CT molecular complexity index is 272. The van der Waals surface area contributed by atoms with Crippen LogP contribution in [0, 0.1) is 0 Å². The lowest BCUT2D eigenvalue weighted by molar-refractivity contribution is -0.119. The van der Waals surface area contributed by atoms with Gasteiger partial charge in [-0.1, -0.05) is 0 Å². The lowest BCUT2D eigenvalue weighted by atomic mass is 9.90. The Labute approximate surface area is 96.6 Å². The predicted molar refractivity (Wildman–Crippen MR) is 60.4 cm³/mol. The van der Waals surface area contributed by atoms with Crippen LogP contribution in [0.2, 0.25) is 0 Å². The van der Waals surface area contributed by atoms with Crippen LogP contribution in [0.1, 0.15) is 20.3 Å². The molecule has 0 N–H and O–H groups in total. The van der Waals surface area contributed by atoms with Crippen LogP contribution >= 0.6 is 0 Å². The molecule has 1 rings (SSSR count). The lowest BCUT2D eigenvalue weighted by Gasteiger charge is -2.34. The van der Waals surface area contributed by atoms with Crippen LogP contribution in [-0.4, -0.2) is 44.9 Å². The SMILES string of the molecule is CCOC1C=C(C(C)=O)CC(OC)C1OC. The van der Waals surface area contributed by atoms with Crippen molar-refractivity contribution >= 4 is 5.78 Å². The molecule has 4 nitrogen and oxygen atoms in total. The van der Waals surface area contributed by atoms with Crippen LogP contribution in [0.25, 0.3) is 0 Å². The summed E-state index contributed by atoms with van der Waals surface area (Å²) >= 11 is 0. The van der Waals surface area contributed by atoms with E-state index >= 15 is 0 Å². The van der Waals surface area contributed by atoms with Gasteiger partial charge in [-0.05, 0) is 25.5 Å². The Morgan fingerprint density at radius 2 is 2.12 bits per heavy atom. The monoisotopic (exact) mass is 228 g/mol. The van der Waals surface area contributed by atoms with Crippen molar-refractivity contribution in [1.82, 2.24) is 0 Å². The summed E-state index contributed by atoms with van der Waals surface area (Å²) < 4.78 is 16.3. The first-order valence-corrected chi connectivity index (χ1v) is 5.52. The van der Waals surface area contributed by atoms with E-state index in [2.05, 4.69) is 0 Å². The molecule has 92 valence electrons. The first-order chi connectivity index (χ1) is 7.63. The van der Waals surface area contributed by atoms with Gasteiger partial charge in [-0.25, -0.2) is 0 Å². The minimum absolute atomic E-state index is 0.0707. The molecule has 0 saturated carbocycles. The van der Waals surface area contributed by atoms with Gasteiger partial charge in [0.1, 0.15) is 12.2 Å². The van der Waals surface area contributed by atoms with Gasteiger partial charge in [-0.3, -0.25) is 4.79 Å². The molecule has 0 aromatic rings. The van der Waals surface area contributed by atoms with Crippen LogP contribution in [0.5, 0.6) is 0 Å². The Morgan fingerprint density at radius 1 is 1.44 bits per heavy atom. The fourth-order valence-electron chi connectivity index (χ4n) is 2.01. The maximum atomic E-state index is 11.4. The first-order valence-electron chi connectivity index (χ1n) is 5.52. The number of rotatable bonds is 5. The molecule has 0 amide bonds. The summed E-state index contributed by atoms with van der Waals surface area (Å²) in [6.45, 7) is 4.07. The molecule has 0 fully saturated rings. The average molecular weight is 228 g/mol. The highest BCUT2D eigenvalue weighted by Crippen LogP contribution is 2.26. The van der Waals surface area contributed by atoms with Crippen molar-refractivity contribution in [2.24, 2.45) is 0 Å². The zero-order valence-corrected chi connectivity index (χ0v) is 10.4. The van der Waals surface area contributed by atoms with E-state index in [9.17, 15) is 4.79 Å². The second-order valence-electron chi connectivity index (χ2n) is 3.85. The number of Topliss-reactive ketones (excluding diaryl/α,β-unsaturated/α-hetero) is 1. The maximum absolute atomic E-state index is 11.4. The molecule has 0 saturated heterocycles. The summed E-state index contributed by atoms with van der Waals surface area (Å²) in [7, 11) is 3.26. The second-order valence-corrected chi connectivity index (χ2v) is 3.85. The quantitative estimate of drug-likeness (QED) is 0.712. The maximum Gasteiger partial charge on any atom is 0.155 e. The Balaban J connectivity index is 2.90. The molecule has 3 atom stereocenters. The molecular formula is C12H20O4. The Kier molecular flexibility index (Phi) is 5.12. The highest BCUT2D eigenvalue weighted by atomic mass is 16.6. The molecule has 0 aromatic carbocycles. The van der Waals surface area contributed by atoms with Crippen molar-refractivity contribution in [3.63, 3.8) is 0 Å². The molecule has 16 heavy (non-hydrogen) atoms. The van der Waals surface area contributed by atoms with E-state index in [0.717, 1.165) is 5.57 Å². The molecule has 0 bridgehead atoms. The Hall–Kier alpha value is -0.710. The topological polar surface area (TPSA) is 44.8 Å². The average Bonchev–Trinajstić information content (AvgIpc) is 2.28. The Morgan fingerprint density at radius 3 is 2.56 bits per heavy atom. The first kappa shape index (κ1) is 13.4. The number of methoxy groups -OCH3 is 2. The summed E-state index contributed by atoms with van der Waals surface area (Å²) in [6.07, 6.45) is 1.98.